The minimum absolute atomic E-state index is 0.0575. The van der Waals surface area contributed by atoms with Crippen LogP contribution in [0.3, 0.4) is 0 Å². The fraction of sp³-hybridized carbons (Fsp3) is 0.300. The quantitative estimate of drug-likeness (QED) is 0.542. The van der Waals surface area contributed by atoms with Crippen molar-refractivity contribution in [3.05, 3.63) is 72.1 Å². The van der Waals surface area contributed by atoms with Gasteiger partial charge in [0.15, 0.2) is 0 Å². The molecule has 0 amide bonds. The standard InChI is InChI=1S/C20H19ClFN3O3/c1-3-14(15-5-4-9(2)28-15)24-17-18(20(27)19(17)26)25-16-11-8-23-7-10(11)12(21)6-13(16)22/h4-6,14,23-25H,3,7-8H2,1-2H3/t14-/m1/s1. The summed E-state index contributed by atoms with van der Waals surface area (Å²) < 4.78 is 20.2. The second kappa shape index (κ2) is 7.07. The number of benzene rings is 1. The molecule has 0 bridgehead atoms. The van der Waals surface area contributed by atoms with Crippen LogP contribution in [0.25, 0.3) is 0 Å². The SMILES string of the molecule is CC[C@@H](Nc1c(Nc2c(F)cc(Cl)c3c2CNC3)c(=O)c1=O)c1ccc(C)o1. The van der Waals surface area contributed by atoms with Gasteiger partial charge in [-0.2, -0.15) is 0 Å². The van der Waals surface area contributed by atoms with E-state index in [2.05, 4.69) is 16.0 Å². The lowest BCUT2D eigenvalue weighted by Crippen LogP contribution is -2.37. The molecule has 1 aliphatic rings. The molecule has 0 saturated carbocycles. The molecule has 0 unspecified atom stereocenters. The molecule has 0 saturated heterocycles. The van der Waals surface area contributed by atoms with Crippen LogP contribution in [0.1, 0.15) is 42.0 Å². The van der Waals surface area contributed by atoms with Crippen molar-refractivity contribution >= 4 is 28.7 Å². The predicted molar refractivity (Wildman–Crippen MR) is 107 cm³/mol. The monoisotopic (exact) mass is 403 g/mol. The van der Waals surface area contributed by atoms with E-state index in [9.17, 15) is 14.0 Å². The summed E-state index contributed by atoms with van der Waals surface area (Å²) >= 11 is 6.11. The summed E-state index contributed by atoms with van der Waals surface area (Å²) in [5.41, 5.74) is 0.507. The third-order valence-corrected chi connectivity index (χ3v) is 5.38. The van der Waals surface area contributed by atoms with E-state index in [4.69, 9.17) is 16.0 Å². The number of furan rings is 1. The Morgan fingerprint density at radius 1 is 1.18 bits per heavy atom. The average molecular weight is 404 g/mol. The van der Waals surface area contributed by atoms with Crippen molar-refractivity contribution in [2.24, 2.45) is 0 Å². The summed E-state index contributed by atoms with van der Waals surface area (Å²) in [7, 11) is 0. The Morgan fingerprint density at radius 3 is 2.57 bits per heavy atom. The molecule has 3 N–H and O–H groups in total. The molecule has 0 radical (unpaired) electrons. The lowest BCUT2D eigenvalue weighted by Gasteiger charge is -2.21. The highest BCUT2D eigenvalue weighted by molar-refractivity contribution is 6.31. The largest absolute Gasteiger partial charge is 0.464 e. The highest BCUT2D eigenvalue weighted by Crippen LogP contribution is 2.36. The van der Waals surface area contributed by atoms with Gasteiger partial charge in [0.05, 0.1) is 11.7 Å². The number of hydrogen-bond donors (Lipinski definition) is 3. The molecule has 1 aliphatic heterocycles. The van der Waals surface area contributed by atoms with E-state index in [1.54, 1.807) is 0 Å². The molecule has 6 nitrogen and oxygen atoms in total. The Hall–Kier alpha value is -2.64. The van der Waals surface area contributed by atoms with E-state index in [1.165, 1.54) is 6.07 Å². The topological polar surface area (TPSA) is 83.4 Å². The van der Waals surface area contributed by atoms with Crippen molar-refractivity contribution in [1.82, 2.24) is 5.32 Å². The number of rotatable bonds is 6. The van der Waals surface area contributed by atoms with Gasteiger partial charge in [0.25, 0.3) is 10.9 Å². The highest BCUT2D eigenvalue weighted by Gasteiger charge is 2.28. The lowest BCUT2D eigenvalue weighted by molar-refractivity contribution is 0.452. The van der Waals surface area contributed by atoms with Crippen molar-refractivity contribution in [3.8, 4) is 0 Å². The van der Waals surface area contributed by atoms with Gasteiger partial charge in [-0.25, -0.2) is 4.39 Å². The Bertz CT molecular complexity index is 1130. The number of aryl methyl sites for hydroxylation is 1. The van der Waals surface area contributed by atoms with Crippen LogP contribution < -0.4 is 26.8 Å². The average Bonchev–Trinajstić information content (AvgIpc) is 3.32. The third kappa shape index (κ3) is 3.00. The van der Waals surface area contributed by atoms with Gasteiger partial charge < -0.3 is 20.4 Å². The Kier molecular flexibility index (Phi) is 4.72. The van der Waals surface area contributed by atoms with Crippen LogP contribution in [0.15, 0.2) is 32.2 Å². The molecule has 1 atom stereocenters. The van der Waals surface area contributed by atoms with Crippen LogP contribution in [-0.2, 0) is 13.1 Å². The van der Waals surface area contributed by atoms with Crippen LogP contribution in [0.2, 0.25) is 5.02 Å². The second-order valence-electron chi connectivity index (χ2n) is 6.86. The fourth-order valence-electron chi connectivity index (χ4n) is 3.51. The first-order valence-electron chi connectivity index (χ1n) is 9.04. The first-order chi connectivity index (χ1) is 13.4. The van der Waals surface area contributed by atoms with Crippen molar-refractivity contribution < 1.29 is 8.81 Å². The minimum Gasteiger partial charge on any atom is -0.464 e. The number of fused-ring (bicyclic) bond motifs is 1. The van der Waals surface area contributed by atoms with Gasteiger partial charge in [-0.3, -0.25) is 9.59 Å². The number of halogens is 2. The molecule has 146 valence electrons. The van der Waals surface area contributed by atoms with Gasteiger partial charge in [-0.1, -0.05) is 18.5 Å². The molecule has 1 aromatic heterocycles. The normalized spacial score (nSPS) is 14.3. The van der Waals surface area contributed by atoms with Crippen LogP contribution in [0.5, 0.6) is 0 Å². The first-order valence-corrected chi connectivity index (χ1v) is 9.42. The maximum atomic E-state index is 14.5. The van der Waals surface area contributed by atoms with Crippen LogP contribution in [0.4, 0.5) is 21.5 Å². The molecule has 8 heteroatoms. The van der Waals surface area contributed by atoms with E-state index in [0.29, 0.717) is 35.9 Å². The fourth-order valence-corrected chi connectivity index (χ4v) is 3.78. The van der Waals surface area contributed by atoms with Gasteiger partial charge in [0.1, 0.15) is 28.7 Å². The zero-order chi connectivity index (χ0) is 20.0. The first kappa shape index (κ1) is 18.7. The van der Waals surface area contributed by atoms with Crippen LogP contribution in [-0.4, -0.2) is 0 Å². The minimum atomic E-state index is -0.679. The van der Waals surface area contributed by atoms with Gasteiger partial charge in [0.2, 0.25) is 0 Å². The zero-order valence-electron chi connectivity index (χ0n) is 15.4. The van der Waals surface area contributed by atoms with Crippen molar-refractivity contribution in [2.45, 2.75) is 39.4 Å². The Balaban J connectivity index is 1.67. The van der Waals surface area contributed by atoms with E-state index < -0.39 is 16.7 Å². The molecule has 28 heavy (non-hydrogen) atoms. The van der Waals surface area contributed by atoms with E-state index >= 15 is 0 Å². The Labute approximate surface area is 165 Å². The molecule has 0 spiro atoms. The van der Waals surface area contributed by atoms with Gasteiger partial charge in [-0.15, -0.1) is 0 Å². The number of hydrogen-bond acceptors (Lipinski definition) is 6. The zero-order valence-corrected chi connectivity index (χ0v) is 16.2. The second-order valence-corrected chi connectivity index (χ2v) is 7.27. The molecule has 4 rings (SSSR count). The molecule has 0 fully saturated rings. The number of nitrogens with one attached hydrogen (secondary N) is 3. The molecule has 2 aromatic carbocycles. The summed E-state index contributed by atoms with van der Waals surface area (Å²) in [5.74, 6) is 0.854. The number of anilines is 3. The maximum Gasteiger partial charge on any atom is 0.253 e. The lowest BCUT2D eigenvalue weighted by atomic mass is 10.1. The van der Waals surface area contributed by atoms with E-state index in [-0.39, 0.29) is 23.1 Å². The molecule has 2 heterocycles. The van der Waals surface area contributed by atoms with E-state index in [1.807, 2.05) is 26.0 Å². The Morgan fingerprint density at radius 2 is 1.89 bits per heavy atom. The van der Waals surface area contributed by atoms with Crippen molar-refractivity contribution in [1.29, 1.82) is 0 Å². The maximum absolute atomic E-state index is 14.5. The van der Waals surface area contributed by atoms with Crippen molar-refractivity contribution in [3.63, 3.8) is 0 Å². The van der Waals surface area contributed by atoms with Gasteiger partial charge >= 0.3 is 0 Å². The van der Waals surface area contributed by atoms with Crippen LogP contribution >= 0.6 is 11.6 Å². The third-order valence-electron chi connectivity index (χ3n) is 5.04. The van der Waals surface area contributed by atoms with Crippen LogP contribution in [0, 0.1) is 12.7 Å². The molecular formula is C20H19ClFN3O3. The smallest absolute Gasteiger partial charge is 0.253 e. The summed E-state index contributed by atoms with van der Waals surface area (Å²) in [6, 6.07) is 4.60. The highest BCUT2D eigenvalue weighted by atomic mass is 35.5. The predicted octanol–water partition coefficient (Wildman–Crippen LogP) is 3.89. The summed E-state index contributed by atoms with van der Waals surface area (Å²) in [4.78, 5) is 24.3. The molecule has 0 aliphatic carbocycles. The van der Waals surface area contributed by atoms with Gasteiger partial charge in [0, 0.05) is 18.1 Å². The summed E-state index contributed by atoms with van der Waals surface area (Å²) in [6.45, 7) is 4.72. The summed E-state index contributed by atoms with van der Waals surface area (Å²) in [6.07, 6.45) is 0.639. The van der Waals surface area contributed by atoms with E-state index in [0.717, 1.165) is 11.3 Å². The van der Waals surface area contributed by atoms with Crippen molar-refractivity contribution in [2.75, 3.05) is 10.6 Å². The van der Waals surface area contributed by atoms with Gasteiger partial charge in [-0.05, 0) is 42.7 Å². The molecular weight excluding hydrogens is 385 g/mol. The molecule has 3 aromatic rings. The summed E-state index contributed by atoms with van der Waals surface area (Å²) in [5, 5.41) is 9.36.